The molecule has 0 aromatic carbocycles. The van der Waals surface area contributed by atoms with Crippen LogP contribution in [0.25, 0.3) is 0 Å². The van der Waals surface area contributed by atoms with E-state index in [-0.39, 0.29) is 18.4 Å². The van der Waals surface area contributed by atoms with Crippen LogP contribution in [0, 0.1) is 0 Å². The molecule has 1 aliphatic heterocycles. The van der Waals surface area contributed by atoms with Gasteiger partial charge >= 0.3 is 0 Å². The summed E-state index contributed by atoms with van der Waals surface area (Å²) in [4.78, 5) is 24.7. The predicted octanol–water partition coefficient (Wildman–Crippen LogP) is 0.691. The van der Waals surface area contributed by atoms with Crippen molar-refractivity contribution in [3.63, 3.8) is 0 Å². The molecular formula is C11H18N2O2. The number of allylic oxidation sites excluding steroid dienone is 1. The molecule has 0 bridgehead atoms. The number of carbonyl (C=O) groups is 2. The van der Waals surface area contributed by atoms with Crippen LogP contribution in [0.4, 0.5) is 0 Å². The van der Waals surface area contributed by atoms with E-state index in [0.29, 0.717) is 13.1 Å². The Kier molecular flexibility index (Phi) is 4.34. The number of hydrogen-bond acceptors (Lipinski definition) is 2. The SMILES string of the molecule is CCC=C(C)C(=O)N1CCCNC(=O)C1. The summed E-state index contributed by atoms with van der Waals surface area (Å²) in [5.41, 5.74) is 0.729. The summed E-state index contributed by atoms with van der Waals surface area (Å²) >= 11 is 0. The van der Waals surface area contributed by atoms with E-state index < -0.39 is 0 Å². The molecule has 1 aliphatic rings. The summed E-state index contributed by atoms with van der Waals surface area (Å²) in [5.74, 6) is -0.0842. The third-order valence-corrected chi connectivity index (χ3v) is 2.40. The Morgan fingerprint density at radius 1 is 1.60 bits per heavy atom. The molecule has 0 aromatic heterocycles. The second-order valence-electron chi connectivity index (χ2n) is 3.73. The fraction of sp³-hybridized carbons (Fsp3) is 0.636. The van der Waals surface area contributed by atoms with Gasteiger partial charge in [0.15, 0.2) is 0 Å². The lowest BCUT2D eigenvalue weighted by Gasteiger charge is -2.19. The maximum Gasteiger partial charge on any atom is 0.249 e. The van der Waals surface area contributed by atoms with Gasteiger partial charge in [0.25, 0.3) is 0 Å². The molecule has 0 atom stereocenters. The first kappa shape index (κ1) is 11.8. The van der Waals surface area contributed by atoms with Gasteiger partial charge in [0.2, 0.25) is 11.8 Å². The largest absolute Gasteiger partial charge is 0.354 e. The lowest BCUT2D eigenvalue weighted by Crippen LogP contribution is -2.37. The zero-order valence-corrected chi connectivity index (χ0v) is 9.38. The number of nitrogens with one attached hydrogen (secondary N) is 1. The molecule has 0 saturated carbocycles. The van der Waals surface area contributed by atoms with Crippen molar-refractivity contribution in [2.45, 2.75) is 26.7 Å². The minimum atomic E-state index is -0.0647. The van der Waals surface area contributed by atoms with Gasteiger partial charge in [-0.3, -0.25) is 9.59 Å². The Morgan fingerprint density at radius 3 is 3.00 bits per heavy atom. The smallest absolute Gasteiger partial charge is 0.249 e. The second kappa shape index (κ2) is 5.53. The Bertz CT molecular complexity index is 284. The third-order valence-electron chi connectivity index (χ3n) is 2.40. The van der Waals surface area contributed by atoms with Crippen LogP contribution in [-0.2, 0) is 9.59 Å². The van der Waals surface area contributed by atoms with E-state index in [0.717, 1.165) is 18.4 Å². The minimum absolute atomic E-state index is 0.0195. The van der Waals surface area contributed by atoms with Gasteiger partial charge in [-0.25, -0.2) is 0 Å². The highest BCUT2D eigenvalue weighted by Crippen LogP contribution is 2.05. The molecule has 0 spiro atoms. The van der Waals surface area contributed by atoms with Crippen molar-refractivity contribution in [2.75, 3.05) is 19.6 Å². The Hall–Kier alpha value is -1.32. The molecule has 2 amide bonds. The molecule has 4 heteroatoms. The second-order valence-corrected chi connectivity index (χ2v) is 3.73. The summed E-state index contributed by atoms with van der Waals surface area (Å²) in [6.45, 7) is 5.31. The fourth-order valence-corrected chi connectivity index (χ4v) is 1.62. The van der Waals surface area contributed by atoms with Crippen LogP contribution in [0.3, 0.4) is 0 Å². The minimum Gasteiger partial charge on any atom is -0.354 e. The average Bonchev–Trinajstić information content (AvgIpc) is 2.42. The van der Waals surface area contributed by atoms with Gasteiger partial charge in [-0.15, -0.1) is 0 Å². The van der Waals surface area contributed by atoms with Gasteiger partial charge < -0.3 is 10.2 Å². The predicted molar refractivity (Wildman–Crippen MR) is 58.3 cm³/mol. The molecular weight excluding hydrogens is 192 g/mol. The first-order chi connectivity index (χ1) is 7.15. The zero-order chi connectivity index (χ0) is 11.3. The van der Waals surface area contributed by atoms with Crippen molar-refractivity contribution in [1.29, 1.82) is 0 Å². The highest BCUT2D eigenvalue weighted by molar-refractivity contribution is 5.95. The monoisotopic (exact) mass is 210 g/mol. The van der Waals surface area contributed by atoms with E-state index in [1.54, 1.807) is 11.8 Å². The van der Waals surface area contributed by atoms with E-state index in [1.165, 1.54) is 0 Å². The molecule has 1 rings (SSSR count). The van der Waals surface area contributed by atoms with Crippen LogP contribution >= 0.6 is 0 Å². The number of amides is 2. The lowest BCUT2D eigenvalue weighted by molar-refractivity contribution is -0.132. The summed E-state index contributed by atoms with van der Waals surface area (Å²) in [7, 11) is 0. The van der Waals surface area contributed by atoms with Gasteiger partial charge in [-0.2, -0.15) is 0 Å². The summed E-state index contributed by atoms with van der Waals surface area (Å²) < 4.78 is 0. The summed E-state index contributed by atoms with van der Waals surface area (Å²) in [6.07, 6.45) is 3.57. The number of hydrogen-bond donors (Lipinski definition) is 1. The van der Waals surface area contributed by atoms with E-state index in [1.807, 2.05) is 13.0 Å². The Labute approximate surface area is 90.3 Å². The van der Waals surface area contributed by atoms with Crippen molar-refractivity contribution >= 4 is 11.8 Å². The van der Waals surface area contributed by atoms with Crippen molar-refractivity contribution < 1.29 is 9.59 Å². The summed E-state index contributed by atoms with van der Waals surface area (Å²) in [6, 6.07) is 0. The van der Waals surface area contributed by atoms with Crippen molar-refractivity contribution in [3.05, 3.63) is 11.6 Å². The van der Waals surface area contributed by atoms with E-state index in [9.17, 15) is 9.59 Å². The number of rotatable bonds is 2. The van der Waals surface area contributed by atoms with Gasteiger partial charge in [-0.05, 0) is 19.8 Å². The average molecular weight is 210 g/mol. The molecule has 15 heavy (non-hydrogen) atoms. The maximum atomic E-state index is 11.9. The molecule has 4 nitrogen and oxygen atoms in total. The van der Waals surface area contributed by atoms with E-state index in [2.05, 4.69) is 5.32 Å². The van der Waals surface area contributed by atoms with Gasteiger partial charge in [0, 0.05) is 18.7 Å². The Morgan fingerprint density at radius 2 is 2.33 bits per heavy atom. The zero-order valence-electron chi connectivity index (χ0n) is 9.38. The van der Waals surface area contributed by atoms with Gasteiger partial charge in [0.1, 0.15) is 0 Å². The Balaban J connectivity index is 2.65. The number of nitrogens with zero attached hydrogens (tertiary/aromatic N) is 1. The first-order valence-electron chi connectivity index (χ1n) is 5.38. The van der Waals surface area contributed by atoms with Crippen LogP contribution in [-0.4, -0.2) is 36.3 Å². The highest BCUT2D eigenvalue weighted by atomic mass is 16.2. The van der Waals surface area contributed by atoms with Gasteiger partial charge in [0.05, 0.1) is 6.54 Å². The molecule has 0 unspecified atom stereocenters. The van der Waals surface area contributed by atoms with Crippen molar-refractivity contribution in [3.8, 4) is 0 Å². The summed E-state index contributed by atoms with van der Waals surface area (Å²) in [5, 5.41) is 2.75. The number of carbonyl (C=O) groups excluding carboxylic acids is 2. The maximum absolute atomic E-state index is 11.9. The molecule has 1 fully saturated rings. The van der Waals surface area contributed by atoms with Crippen LogP contribution in [0.1, 0.15) is 26.7 Å². The molecule has 0 aromatic rings. The molecule has 0 radical (unpaired) electrons. The van der Waals surface area contributed by atoms with Crippen molar-refractivity contribution in [1.82, 2.24) is 10.2 Å². The van der Waals surface area contributed by atoms with E-state index >= 15 is 0 Å². The third kappa shape index (κ3) is 3.38. The topological polar surface area (TPSA) is 49.4 Å². The van der Waals surface area contributed by atoms with Crippen LogP contribution in [0.15, 0.2) is 11.6 Å². The highest BCUT2D eigenvalue weighted by Gasteiger charge is 2.20. The van der Waals surface area contributed by atoms with Crippen LogP contribution < -0.4 is 5.32 Å². The molecule has 0 aliphatic carbocycles. The fourth-order valence-electron chi connectivity index (χ4n) is 1.62. The first-order valence-corrected chi connectivity index (χ1v) is 5.38. The van der Waals surface area contributed by atoms with Crippen LogP contribution in [0.2, 0.25) is 0 Å². The van der Waals surface area contributed by atoms with Crippen LogP contribution in [0.5, 0.6) is 0 Å². The molecule has 84 valence electrons. The molecule has 1 N–H and O–H groups in total. The lowest BCUT2D eigenvalue weighted by atomic mass is 10.2. The molecule has 1 saturated heterocycles. The standard InChI is InChI=1S/C11H18N2O2/c1-3-5-9(2)11(15)13-7-4-6-12-10(14)8-13/h5H,3-4,6-8H2,1-2H3,(H,12,14). The van der Waals surface area contributed by atoms with Gasteiger partial charge in [-0.1, -0.05) is 13.0 Å². The van der Waals surface area contributed by atoms with Crippen molar-refractivity contribution in [2.24, 2.45) is 0 Å². The molecule has 1 heterocycles. The van der Waals surface area contributed by atoms with E-state index in [4.69, 9.17) is 0 Å². The quantitative estimate of drug-likeness (QED) is 0.682. The normalized spacial score (nSPS) is 18.4.